The third kappa shape index (κ3) is 11.6. The van der Waals surface area contributed by atoms with Crippen LogP contribution in [0.25, 0.3) is 68.6 Å². The molecule has 0 amide bonds. The number of benzene rings is 2. The molecule has 5 aromatic rings. The molecule has 0 fully saturated rings. The summed E-state index contributed by atoms with van der Waals surface area (Å²) in [6, 6.07) is 28.3. The van der Waals surface area contributed by atoms with Gasteiger partial charge in [-0.15, -0.1) is 22.1 Å². The Morgan fingerprint density at radius 2 is 1.16 bits per heavy atom. The SMILES string of the molecule is C[N+](C)(C)CC#COc1cccc(-c2c3nc(cc4ccc([n-]4)c(-c4cccc(OCCC[N+](C)(C)C)c4)c4ccc(cc5nc2C=C5)[n-]4)C=C3)c1.[I-].[I-].[Zn+2]. The fourth-order valence-corrected chi connectivity index (χ4v) is 6.10. The summed E-state index contributed by atoms with van der Waals surface area (Å²) in [5.41, 5.74) is 10.3. The van der Waals surface area contributed by atoms with Gasteiger partial charge in [-0.25, -0.2) is 9.97 Å². The van der Waals surface area contributed by atoms with E-state index in [2.05, 4.69) is 72.5 Å². The number of hydrogen-bond acceptors (Lipinski definition) is 4. The third-order valence-corrected chi connectivity index (χ3v) is 8.54. The molecule has 55 heavy (non-hydrogen) atoms. The molecule has 0 spiro atoms. The van der Waals surface area contributed by atoms with E-state index in [1.807, 2.05) is 91.0 Å². The molecule has 2 aromatic carbocycles. The van der Waals surface area contributed by atoms with Crippen molar-refractivity contribution in [1.29, 1.82) is 0 Å². The van der Waals surface area contributed by atoms with E-state index in [0.29, 0.717) is 18.9 Å². The van der Waals surface area contributed by atoms with Crippen LogP contribution < -0.4 is 67.4 Å². The summed E-state index contributed by atoms with van der Waals surface area (Å²) in [5.74, 6) is 4.60. The first kappa shape index (κ1) is 43.9. The molecule has 7 rings (SSSR count). The van der Waals surface area contributed by atoms with E-state index in [4.69, 9.17) is 29.4 Å². The Kier molecular flexibility index (Phi) is 15.1. The van der Waals surface area contributed by atoms with E-state index in [0.717, 1.165) is 94.8 Å². The fourth-order valence-electron chi connectivity index (χ4n) is 6.10. The number of halogens is 2. The minimum absolute atomic E-state index is 0. The van der Waals surface area contributed by atoms with Crippen molar-refractivity contribution in [2.75, 3.05) is 62.0 Å². The van der Waals surface area contributed by atoms with Crippen molar-refractivity contribution in [3.8, 4) is 45.8 Å². The average molecular weight is 1010 g/mol. The van der Waals surface area contributed by atoms with Crippen LogP contribution in [0.15, 0.2) is 84.9 Å². The molecule has 8 bridgehead atoms. The molecule has 8 nitrogen and oxygen atoms in total. The quantitative estimate of drug-likeness (QED) is 0.0724. The maximum atomic E-state index is 6.20. The molecule has 0 N–H and O–H groups in total. The molecule has 0 saturated carbocycles. The predicted molar refractivity (Wildman–Crippen MR) is 212 cm³/mol. The molecule has 2 aliphatic heterocycles. The van der Waals surface area contributed by atoms with Crippen molar-refractivity contribution >= 4 is 46.4 Å². The zero-order chi connectivity index (χ0) is 36.3. The van der Waals surface area contributed by atoms with Gasteiger partial charge in [0.15, 0.2) is 0 Å². The molecule has 0 saturated heterocycles. The van der Waals surface area contributed by atoms with E-state index in [1.54, 1.807) is 0 Å². The summed E-state index contributed by atoms with van der Waals surface area (Å²) < 4.78 is 13.7. The Bertz CT molecular complexity index is 2330. The zero-order valence-electron chi connectivity index (χ0n) is 32.2. The van der Waals surface area contributed by atoms with Gasteiger partial charge in [-0.1, -0.05) is 60.7 Å². The van der Waals surface area contributed by atoms with Crippen molar-refractivity contribution < 1.29 is 85.9 Å². The number of hydrogen-bond donors (Lipinski definition) is 0. The Hall–Kier alpha value is -3.80. The second-order valence-electron chi connectivity index (χ2n) is 15.2. The number of ether oxygens (including phenoxy) is 2. The number of fused-ring (bicyclic) bond motifs is 8. The Morgan fingerprint density at radius 1 is 0.618 bits per heavy atom. The number of nitrogens with zero attached hydrogens (tertiary/aromatic N) is 6. The second kappa shape index (κ2) is 18.9. The van der Waals surface area contributed by atoms with Crippen molar-refractivity contribution in [2.24, 2.45) is 0 Å². The van der Waals surface area contributed by atoms with E-state index >= 15 is 0 Å². The topological polar surface area (TPSA) is 72.4 Å². The van der Waals surface area contributed by atoms with Gasteiger partial charge in [0.25, 0.3) is 0 Å². The molecule has 0 atom stereocenters. The summed E-state index contributed by atoms with van der Waals surface area (Å²) in [7, 11) is 12.9. The first-order chi connectivity index (χ1) is 25.0. The van der Waals surface area contributed by atoms with Gasteiger partial charge in [0.1, 0.15) is 24.2 Å². The summed E-state index contributed by atoms with van der Waals surface area (Å²) in [4.78, 5) is 20.3. The summed E-state index contributed by atoms with van der Waals surface area (Å²) in [6.45, 7) is 2.38. The summed E-state index contributed by atoms with van der Waals surface area (Å²) in [6.07, 6.45) is 11.9. The van der Waals surface area contributed by atoms with Gasteiger partial charge in [0.05, 0.1) is 78.2 Å². The molecule has 5 heterocycles. The van der Waals surface area contributed by atoms with Crippen molar-refractivity contribution in [3.05, 3.63) is 108 Å². The van der Waals surface area contributed by atoms with Crippen LogP contribution in [0.2, 0.25) is 0 Å². The van der Waals surface area contributed by atoms with E-state index in [1.165, 1.54) is 0 Å². The maximum absolute atomic E-state index is 6.20. The molecule has 3 aromatic heterocycles. The summed E-state index contributed by atoms with van der Waals surface area (Å²) >= 11 is 0. The maximum Gasteiger partial charge on any atom is 2.00 e. The molecule has 0 unspecified atom stereocenters. The Balaban J connectivity index is 0.00000224. The van der Waals surface area contributed by atoms with E-state index in [-0.39, 0.29) is 67.4 Å². The van der Waals surface area contributed by atoms with Crippen molar-refractivity contribution in [3.63, 3.8) is 0 Å². The normalized spacial score (nSPS) is 11.7. The monoisotopic (exact) mass is 1010 g/mol. The van der Waals surface area contributed by atoms with Crippen LogP contribution in [0, 0.1) is 12.0 Å². The van der Waals surface area contributed by atoms with Crippen molar-refractivity contribution in [2.45, 2.75) is 6.42 Å². The standard InChI is InChI=1S/C44H44N6O2.2HI.Zn/c1-49(2,3)23-9-25-51-37-13-7-11-31(27-37)43-39-19-15-33(45-39)29-35-17-21-41(47-35)44(42-22-18-36(48-42)30-34-16-20-40(43)46-34)32-12-8-14-38(28-32)52-26-10-24-50(4,5)6;;;/h7-8,11-22,27-30H,9,23-25H2,1-6H3;2*1H;/q;;;+2/p-2. The van der Waals surface area contributed by atoms with Crippen LogP contribution in [-0.2, 0) is 19.5 Å². The number of aromatic nitrogens is 4. The molecular formula is C44H44I2N6O2Zn. The van der Waals surface area contributed by atoms with Gasteiger partial charge < -0.3 is 76.4 Å². The Morgan fingerprint density at radius 3 is 1.73 bits per heavy atom. The Labute approximate surface area is 371 Å². The van der Waals surface area contributed by atoms with Gasteiger partial charge in [0, 0.05) is 17.9 Å². The van der Waals surface area contributed by atoms with Crippen LogP contribution in [0.5, 0.6) is 11.5 Å². The largest absolute Gasteiger partial charge is 2.00 e. The van der Waals surface area contributed by atoms with Crippen LogP contribution in [-0.4, -0.2) is 80.9 Å². The molecule has 0 radical (unpaired) electrons. The third-order valence-electron chi connectivity index (χ3n) is 8.54. The van der Waals surface area contributed by atoms with Gasteiger partial charge >= 0.3 is 19.5 Å². The molecular weight excluding hydrogens is 964 g/mol. The fraction of sp³-hybridized carbons (Fsp3) is 0.227. The van der Waals surface area contributed by atoms with Gasteiger partial charge in [-0.05, 0) is 65.3 Å². The van der Waals surface area contributed by atoms with Gasteiger partial charge in [-0.3, -0.25) is 0 Å². The average Bonchev–Trinajstić information content (AvgIpc) is 3.92. The molecule has 278 valence electrons. The first-order valence-electron chi connectivity index (χ1n) is 17.5. The minimum atomic E-state index is 0. The van der Waals surface area contributed by atoms with Crippen LogP contribution >= 0.6 is 0 Å². The van der Waals surface area contributed by atoms with Crippen LogP contribution in [0.3, 0.4) is 0 Å². The zero-order valence-corrected chi connectivity index (χ0v) is 39.5. The summed E-state index contributed by atoms with van der Waals surface area (Å²) in [5, 5.41) is 0. The van der Waals surface area contributed by atoms with Crippen molar-refractivity contribution in [1.82, 2.24) is 19.9 Å². The molecule has 11 heteroatoms. The van der Waals surface area contributed by atoms with Crippen LogP contribution in [0.4, 0.5) is 0 Å². The molecule has 2 aliphatic rings. The molecule has 0 aliphatic carbocycles. The minimum Gasteiger partial charge on any atom is -1.00 e. The van der Waals surface area contributed by atoms with Gasteiger partial charge in [-0.2, -0.15) is 0 Å². The number of rotatable bonds is 9. The van der Waals surface area contributed by atoms with Gasteiger partial charge in [0.2, 0.25) is 0 Å². The van der Waals surface area contributed by atoms with Crippen LogP contribution in [0.1, 0.15) is 29.2 Å². The first-order valence-corrected chi connectivity index (χ1v) is 17.5. The van der Waals surface area contributed by atoms with E-state index < -0.39 is 0 Å². The predicted octanol–water partition coefficient (Wildman–Crippen LogP) is 1.77. The second-order valence-corrected chi connectivity index (χ2v) is 15.2. The number of quaternary nitrogens is 2. The van der Waals surface area contributed by atoms with E-state index in [9.17, 15) is 0 Å². The smallest absolute Gasteiger partial charge is 1.00 e.